The lowest BCUT2D eigenvalue weighted by molar-refractivity contribution is 0.180. The molecule has 0 aliphatic carbocycles. The number of nitrogens with zero attached hydrogens (tertiary/aromatic N) is 3. The van der Waals surface area contributed by atoms with Crippen LogP contribution in [-0.2, 0) is 4.74 Å². The van der Waals surface area contributed by atoms with Gasteiger partial charge in [-0.2, -0.15) is 0 Å². The Bertz CT molecular complexity index is 505. The van der Waals surface area contributed by atoms with Crippen molar-refractivity contribution in [3.05, 3.63) is 35.9 Å². The number of nitrogens with one attached hydrogen (secondary N) is 2. The van der Waals surface area contributed by atoms with E-state index in [1.165, 1.54) is 5.56 Å². The van der Waals surface area contributed by atoms with Crippen LogP contribution in [0.5, 0.6) is 0 Å². The Morgan fingerprint density at radius 2 is 1.81 bits per heavy atom. The molecule has 2 N–H and O–H groups in total. The Morgan fingerprint density at radius 3 is 2.41 bits per heavy atom. The molecule has 0 saturated heterocycles. The lowest BCUT2D eigenvalue weighted by Crippen LogP contribution is -2.45. The molecule has 27 heavy (non-hydrogen) atoms. The van der Waals surface area contributed by atoms with Gasteiger partial charge in [-0.15, -0.1) is 0 Å². The summed E-state index contributed by atoms with van der Waals surface area (Å²) in [5, 5.41) is 6.92. The van der Waals surface area contributed by atoms with Crippen molar-refractivity contribution in [3.63, 3.8) is 0 Å². The quantitative estimate of drug-likeness (QED) is 0.314. The van der Waals surface area contributed by atoms with Crippen molar-refractivity contribution in [2.75, 3.05) is 67.1 Å². The van der Waals surface area contributed by atoms with Gasteiger partial charge in [0.15, 0.2) is 5.96 Å². The van der Waals surface area contributed by atoms with E-state index in [2.05, 4.69) is 76.7 Å². The highest BCUT2D eigenvalue weighted by atomic mass is 16.5. The van der Waals surface area contributed by atoms with E-state index in [4.69, 9.17) is 4.74 Å². The van der Waals surface area contributed by atoms with Crippen LogP contribution in [0.1, 0.15) is 31.9 Å². The number of likely N-dealkylation sites (N-methyl/N-ethyl adjacent to an activating group) is 2. The standard InChI is InChI=1S/C21H39N5O/c1-6-26(7-2)20(19-12-9-8-10-13-19)18-24-21(22-3)23-14-16-25(4)15-11-17-27-5/h8-10,12-13,20H,6-7,11,14-18H2,1-5H3,(H2,22,23,24). The third-order valence-corrected chi connectivity index (χ3v) is 4.80. The van der Waals surface area contributed by atoms with Crippen molar-refractivity contribution in [2.45, 2.75) is 26.3 Å². The lowest BCUT2D eigenvalue weighted by atomic mass is 10.1. The third-order valence-electron chi connectivity index (χ3n) is 4.80. The molecule has 0 fully saturated rings. The Labute approximate surface area is 166 Å². The van der Waals surface area contributed by atoms with Gasteiger partial charge in [-0.25, -0.2) is 0 Å². The summed E-state index contributed by atoms with van der Waals surface area (Å²) in [6.45, 7) is 11.0. The smallest absolute Gasteiger partial charge is 0.191 e. The van der Waals surface area contributed by atoms with Gasteiger partial charge in [-0.05, 0) is 32.1 Å². The van der Waals surface area contributed by atoms with Gasteiger partial charge in [0.05, 0.1) is 6.04 Å². The second-order valence-electron chi connectivity index (χ2n) is 6.68. The number of rotatable bonds is 13. The molecule has 0 aliphatic heterocycles. The first-order valence-electron chi connectivity index (χ1n) is 10.1. The molecule has 0 spiro atoms. The maximum atomic E-state index is 5.11. The van der Waals surface area contributed by atoms with Crippen LogP contribution in [0.15, 0.2) is 35.3 Å². The fraction of sp³-hybridized carbons (Fsp3) is 0.667. The van der Waals surface area contributed by atoms with Crippen LogP contribution in [0, 0.1) is 0 Å². The highest BCUT2D eigenvalue weighted by molar-refractivity contribution is 5.79. The first kappa shape index (κ1) is 23.4. The maximum absolute atomic E-state index is 5.11. The summed E-state index contributed by atoms with van der Waals surface area (Å²) in [4.78, 5) is 9.15. The number of methoxy groups -OCH3 is 1. The molecule has 1 aromatic carbocycles. The normalized spacial score (nSPS) is 13.2. The monoisotopic (exact) mass is 377 g/mol. The fourth-order valence-corrected chi connectivity index (χ4v) is 3.17. The van der Waals surface area contributed by atoms with Crippen LogP contribution in [0.4, 0.5) is 0 Å². The number of aliphatic imine (C=N–C) groups is 1. The van der Waals surface area contributed by atoms with E-state index < -0.39 is 0 Å². The van der Waals surface area contributed by atoms with Gasteiger partial charge in [-0.1, -0.05) is 44.2 Å². The minimum absolute atomic E-state index is 0.330. The molecule has 0 amide bonds. The zero-order chi connectivity index (χ0) is 19.9. The van der Waals surface area contributed by atoms with Gasteiger partial charge in [-0.3, -0.25) is 9.89 Å². The molecule has 6 heteroatoms. The average molecular weight is 378 g/mol. The molecule has 0 saturated carbocycles. The molecular weight excluding hydrogens is 338 g/mol. The van der Waals surface area contributed by atoms with Crippen LogP contribution in [0.2, 0.25) is 0 Å². The van der Waals surface area contributed by atoms with Gasteiger partial charge in [0.2, 0.25) is 0 Å². The van der Waals surface area contributed by atoms with Crippen molar-refractivity contribution in [2.24, 2.45) is 4.99 Å². The molecule has 1 aromatic rings. The van der Waals surface area contributed by atoms with Crippen molar-refractivity contribution in [1.29, 1.82) is 0 Å². The summed E-state index contributed by atoms with van der Waals surface area (Å²) in [6.07, 6.45) is 1.06. The van der Waals surface area contributed by atoms with E-state index in [9.17, 15) is 0 Å². The van der Waals surface area contributed by atoms with Crippen LogP contribution in [0.25, 0.3) is 0 Å². The summed E-state index contributed by atoms with van der Waals surface area (Å²) < 4.78 is 5.11. The molecular formula is C21H39N5O. The Morgan fingerprint density at radius 1 is 1.11 bits per heavy atom. The first-order valence-corrected chi connectivity index (χ1v) is 10.1. The fourth-order valence-electron chi connectivity index (χ4n) is 3.17. The molecule has 0 aromatic heterocycles. The topological polar surface area (TPSA) is 52.1 Å². The van der Waals surface area contributed by atoms with Crippen molar-refractivity contribution < 1.29 is 4.74 Å². The molecule has 1 unspecified atom stereocenters. The SMILES string of the molecule is CCN(CC)C(CNC(=NC)NCCN(C)CCCOC)c1ccccc1. The van der Waals surface area contributed by atoms with Crippen LogP contribution in [0.3, 0.4) is 0 Å². The molecule has 0 aliphatic rings. The number of benzene rings is 1. The van der Waals surface area contributed by atoms with Crippen molar-refractivity contribution >= 4 is 5.96 Å². The predicted molar refractivity (Wildman–Crippen MR) is 115 cm³/mol. The minimum atomic E-state index is 0.330. The first-order chi connectivity index (χ1) is 13.2. The molecule has 1 rings (SSSR count). The second-order valence-corrected chi connectivity index (χ2v) is 6.68. The summed E-state index contributed by atoms with van der Waals surface area (Å²) in [7, 11) is 5.71. The maximum Gasteiger partial charge on any atom is 0.191 e. The average Bonchev–Trinajstić information content (AvgIpc) is 2.70. The van der Waals surface area contributed by atoms with Crippen molar-refractivity contribution in [1.82, 2.24) is 20.4 Å². The van der Waals surface area contributed by atoms with Crippen molar-refractivity contribution in [3.8, 4) is 0 Å². The van der Waals surface area contributed by atoms with Gasteiger partial charge in [0.1, 0.15) is 0 Å². The zero-order valence-corrected chi connectivity index (χ0v) is 17.9. The Kier molecular flexibility index (Phi) is 12.5. The van der Waals surface area contributed by atoms with E-state index in [0.29, 0.717) is 6.04 Å². The third kappa shape index (κ3) is 9.22. The summed E-state index contributed by atoms with van der Waals surface area (Å²) in [6, 6.07) is 11.0. The van der Waals surface area contributed by atoms with Crippen LogP contribution < -0.4 is 10.6 Å². The summed E-state index contributed by atoms with van der Waals surface area (Å²) in [5.74, 6) is 0.855. The largest absolute Gasteiger partial charge is 0.385 e. The highest BCUT2D eigenvalue weighted by Gasteiger charge is 2.18. The molecule has 0 heterocycles. The van der Waals surface area contributed by atoms with Gasteiger partial charge >= 0.3 is 0 Å². The van der Waals surface area contributed by atoms with Gasteiger partial charge < -0.3 is 20.3 Å². The second kappa shape index (κ2) is 14.4. The van der Waals surface area contributed by atoms with E-state index in [1.807, 2.05) is 7.05 Å². The van der Waals surface area contributed by atoms with Gasteiger partial charge in [0, 0.05) is 46.9 Å². The van der Waals surface area contributed by atoms with Gasteiger partial charge in [0.25, 0.3) is 0 Å². The van der Waals surface area contributed by atoms with E-state index in [1.54, 1.807) is 7.11 Å². The molecule has 154 valence electrons. The Balaban J connectivity index is 2.50. The number of guanidine groups is 1. The Hall–Kier alpha value is -1.63. The molecule has 1 atom stereocenters. The minimum Gasteiger partial charge on any atom is -0.385 e. The lowest BCUT2D eigenvalue weighted by Gasteiger charge is -2.31. The molecule has 0 radical (unpaired) electrons. The van der Waals surface area contributed by atoms with Crippen LogP contribution in [-0.4, -0.2) is 82.8 Å². The number of ether oxygens (including phenoxy) is 1. The molecule has 0 bridgehead atoms. The number of hydrogen-bond acceptors (Lipinski definition) is 4. The number of hydrogen-bond donors (Lipinski definition) is 2. The highest BCUT2D eigenvalue weighted by Crippen LogP contribution is 2.19. The van der Waals surface area contributed by atoms with E-state index in [0.717, 1.165) is 58.3 Å². The zero-order valence-electron chi connectivity index (χ0n) is 17.9. The summed E-state index contributed by atoms with van der Waals surface area (Å²) in [5.41, 5.74) is 1.34. The summed E-state index contributed by atoms with van der Waals surface area (Å²) >= 11 is 0. The van der Waals surface area contributed by atoms with E-state index >= 15 is 0 Å². The van der Waals surface area contributed by atoms with E-state index in [-0.39, 0.29) is 0 Å². The predicted octanol–water partition coefficient (Wildman–Crippen LogP) is 2.20. The van der Waals surface area contributed by atoms with Crippen LogP contribution >= 0.6 is 0 Å². The molecule has 6 nitrogen and oxygen atoms in total.